The van der Waals surface area contributed by atoms with Gasteiger partial charge < -0.3 is 5.32 Å². The van der Waals surface area contributed by atoms with Crippen LogP contribution in [0.2, 0.25) is 0 Å². The lowest BCUT2D eigenvalue weighted by atomic mass is 9.95. The minimum Gasteiger partial charge on any atom is -0.351 e. The van der Waals surface area contributed by atoms with Gasteiger partial charge in [0, 0.05) is 16.6 Å². The Hall–Kier alpha value is -2.35. The molecule has 4 nitrogen and oxygen atoms in total. The Balaban J connectivity index is 2.01. The van der Waals surface area contributed by atoms with E-state index in [4.69, 9.17) is 0 Å². The number of rotatable bonds is 7. The van der Waals surface area contributed by atoms with Crippen molar-refractivity contribution in [2.24, 2.45) is 0 Å². The van der Waals surface area contributed by atoms with Crippen LogP contribution in [0.3, 0.4) is 0 Å². The van der Waals surface area contributed by atoms with Crippen LogP contribution in [0.15, 0.2) is 41.8 Å². The fraction of sp³-hybridized carbons (Fsp3) is 0.500. The Morgan fingerprint density at radius 2 is 1.78 bits per heavy atom. The van der Waals surface area contributed by atoms with Crippen LogP contribution in [-0.2, 0) is 9.59 Å². The number of carbonyl (C=O) groups is 2. The van der Waals surface area contributed by atoms with Crippen molar-refractivity contribution >= 4 is 28.8 Å². The predicted octanol–water partition coefficient (Wildman–Crippen LogP) is 6.35. The lowest BCUT2D eigenvalue weighted by Crippen LogP contribution is -2.50. The number of nitrogens with one attached hydrogen (secondary N) is 1. The molecule has 0 spiro atoms. The van der Waals surface area contributed by atoms with Gasteiger partial charge in [-0.05, 0) is 54.3 Å². The number of amides is 2. The Labute approximate surface area is 190 Å². The number of alkyl halides is 3. The van der Waals surface area contributed by atoms with Crippen molar-refractivity contribution in [3.05, 3.63) is 52.2 Å². The molecule has 0 saturated heterocycles. The third-order valence-corrected chi connectivity index (χ3v) is 7.01. The molecule has 1 aliphatic carbocycles. The van der Waals surface area contributed by atoms with Gasteiger partial charge in [-0.1, -0.05) is 51.3 Å². The van der Waals surface area contributed by atoms with E-state index in [0.29, 0.717) is 9.78 Å². The number of carbonyl (C=O) groups excluding carboxylic acids is 2. The van der Waals surface area contributed by atoms with Gasteiger partial charge in [0.2, 0.25) is 5.91 Å². The topological polar surface area (TPSA) is 49.4 Å². The average Bonchev–Trinajstić information content (AvgIpc) is 3.30. The second-order valence-corrected chi connectivity index (χ2v) is 9.31. The molecule has 0 aliphatic heterocycles. The molecule has 1 N–H and O–H groups in total. The van der Waals surface area contributed by atoms with Gasteiger partial charge >= 0.3 is 12.1 Å². The minimum atomic E-state index is -5.12. The molecular formula is C24H29F3N2O2S. The first-order valence-corrected chi connectivity index (χ1v) is 11.9. The number of nitrogens with zero attached hydrogens (tertiary/aromatic N) is 1. The summed E-state index contributed by atoms with van der Waals surface area (Å²) >= 11 is 1.16. The number of benzene rings is 1. The van der Waals surface area contributed by atoms with E-state index in [2.05, 4.69) is 5.32 Å². The molecule has 3 rings (SSSR count). The van der Waals surface area contributed by atoms with E-state index in [1.165, 1.54) is 12.1 Å². The Morgan fingerprint density at radius 3 is 2.31 bits per heavy atom. The van der Waals surface area contributed by atoms with Gasteiger partial charge in [-0.2, -0.15) is 13.2 Å². The van der Waals surface area contributed by atoms with Crippen LogP contribution < -0.4 is 10.2 Å². The largest absolute Gasteiger partial charge is 0.471 e. The van der Waals surface area contributed by atoms with Crippen LogP contribution in [-0.4, -0.2) is 24.0 Å². The van der Waals surface area contributed by atoms with Crippen LogP contribution in [0.4, 0.5) is 18.9 Å². The van der Waals surface area contributed by atoms with Gasteiger partial charge in [0.15, 0.2) is 6.04 Å². The van der Waals surface area contributed by atoms with Crippen LogP contribution in [0, 0.1) is 0 Å². The summed E-state index contributed by atoms with van der Waals surface area (Å²) in [7, 11) is 0. The molecule has 1 aromatic carbocycles. The van der Waals surface area contributed by atoms with Crippen LogP contribution >= 0.6 is 11.3 Å². The molecule has 0 bridgehead atoms. The van der Waals surface area contributed by atoms with Crippen LogP contribution in [0.1, 0.15) is 74.8 Å². The van der Waals surface area contributed by atoms with E-state index >= 15 is 0 Å². The zero-order valence-corrected chi connectivity index (χ0v) is 19.1. The maximum atomic E-state index is 13.7. The SMILES string of the molecule is CC[C@H](C)c1ccc(N(C(=O)C(F)(F)F)[C@@H](C(=O)NC2CCCCC2)c2cccs2)cc1. The zero-order chi connectivity index (χ0) is 23.3. The molecule has 0 unspecified atom stereocenters. The predicted molar refractivity (Wildman–Crippen MR) is 121 cm³/mol. The molecule has 32 heavy (non-hydrogen) atoms. The fourth-order valence-electron chi connectivity index (χ4n) is 4.07. The number of anilines is 1. The summed E-state index contributed by atoms with van der Waals surface area (Å²) in [4.78, 5) is 26.9. The Bertz CT molecular complexity index is 891. The van der Waals surface area contributed by atoms with Gasteiger partial charge in [-0.25, -0.2) is 0 Å². The zero-order valence-electron chi connectivity index (χ0n) is 18.3. The summed E-state index contributed by atoms with van der Waals surface area (Å²) in [6.07, 6.45) is 0.372. The highest BCUT2D eigenvalue weighted by Crippen LogP contribution is 2.35. The van der Waals surface area contributed by atoms with Gasteiger partial charge in [0.1, 0.15) is 0 Å². The van der Waals surface area contributed by atoms with Gasteiger partial charge in [-0.3, -0.25) is 14.5 Å². The lowest BCUT2D eigenvalue weighted by molar-refractivity contribution is -0.171. The molecular weight excluding hydrogens is 437 g/mol. The highest BCUT2D eigenvalue weighted by Gasteiger charge is 2.47. The van der Waals surface area contributed by atoms with Gasteiger partial charge in [0.25, 0.3) is 0 Å². The molecule has 1 aliphatic rings. The third kappa shape index (κ3) is 5.71. The van der Waals surface area contributed by atoms with E-state index in [0.717, 1.165) is 55.4 Å². The summed E-state index contributed by atoms with van der Waals surface area (Å²) < 4.78 is 41.0. The van der Waals surface area contributed by atoms with Crippen molar-refractivity contribution < 1.29 is 22.8 Å². The summed E-state index contributed by atoms with van der Waals surface area (Å²) in [6.45, 7) is 4.06. The molecule has 1 fully saturated rings. The van der Waals surface area contributed by atoms with Crippen molar-refractivity contribution in [2.75, 3.05) is 4.90 Å². The minimum absolute atomic E-state index is 0.0524. The number of thiophene rings is 1. The first-order chi connectivity index (χ1) is 15.2. The number of halogens is 3. The molecule has 2 amide bonds. The molecule has 2 aromatic rings. The smallest absolute Gasteiger partial charge is 0.351 e. The first kappa shape index (κ1) is 24.3. The summed E-state index contributed by atoms with van der Waals surface area (Å²) in [5, 5.41) is 4.60. The average molecular weight is 467 g/mol. The molecule has 2 atom stereocenters. The molecule has 8 heteroatoms. The van der Waals surface area contributed by atoms with E-state index in [1.807, 2.05) is 13.8 Å². The lowest BCUT2D eigenvalue weighted by Gasteiger charge is -2.33. The molecule has 1 aromatic heterocycles. The second kappa shape index (κ2) is 10.5. The van der Waals surface area contributed by atoms with E-state index < -0.39 is 24.0 Å². The maximum Gasteiger partial charge on any atom is 0.471 e. The van der Waals surface area contributed by atoms with Crippen molar-refractivity contribution in [3.8, 4) is 0 Å². The molecule has 174 valence electrons. The van der Waals surface area contributed by atoms with Crippen LogP contribution in [0.25, 0.3) is 0 Å². The van der Waals surface area contributed by atoms with Gasteiger partial charge in [-0.15, -0.1) is 11.3 Å². The van der Waals surface area contributed by atoms with Crippen molar-refractivity contribution in [2.45, 2.75) is 76.6 Å². The summed E-state index contributed by atoms with van der Waals surface area (Å²) in [5.74, 6) is -2.40. The van der Waals surface area contributed by atoms with Gasteiger partial charge in [0.05, 0.1) is 0 Å². The molecule has 1 heterocycles. The normalized spacial score (nSPS) is 16.9. The molecule has 0 radical (unpaired) electrons. The summed E-state index contributed by atoms with van der Waals surface area (Å²) in [5.41, 5.74) is 1.02. The first-order valence-electron chi connectivity index (χ1n) is 11.1. The quantitative estimate of drug-likeness (QED) is 0.517. The standard InChI is InChI=1S/C24H29F3N2O2S/c1-3-16(2)17-11-13-19(14-12-17)29(23(31)24(25,26)27)21(20-10-7-15-32-20)22(30)28-18-8-5-4-6-9-18/h7,10-16,18,21H,3-6,8-9H2,1-2H3,(H,28,30)/t16-,21+/m0/s1. The summed E-state index contributed by atoms with van der Waals surface area (Å²) in [6, 6.07) is 8.24. The van der Waals surface area contributed by atoms with Crippen LogP contribution in [0.5, 0.6) is 0 Å². The van der Waals surface area contributed by atoms with E-state index in [1.54, 1.807) is 29.6 Å². The number of hydrogen-bond acceptors (Lipinski definition) is 3. The highest BCUT2D eigenvalue weighted by atomic mass is 32.1. The monoisotopic (exact) mass is 466 g/mol. The van der Waals surface area contributed by atoms with E-state index in [-0.39, 0.29) is 17.6 Å². The van der Waals surface area contributed by atoms with Crippen molar-refractivity contribution in [1.82, 2.24) is 5.32 Å². The van der Waals surface area contributed by atoms with Crippen molar-refractivity contribution in [1.29, 1.82) is 0 Å². The van der Waals surface area contributed by atoms with Crippen molar-refractivity contribution in [3.63, 3.8) is 0 Å². The highest BCUT2D eigenvalue weighted by molar-refractivity contribution is 7.10. The number of hydrogen-bond donors (Lipinski definition) is 1. The molecule has 1 saturated carbocycles. The second-order valence-electron chi connectivity index (χ2n) is 8.34. The van der Waals surface area contributed by atoms with E-state index in [9.17, 15) is 22.8 Å². The third-order valence-electron chi connectivity index (χ3n) is 6.08. The Morgan fingerprint density at radius 1 is 1.12 bits per heavy atom. The fourth-order valence-corrected chi connectivity index (χ4v) is 4.88. The Kier molecular flexibility index (Phi) is 7.98. The maximum absolute atomic E-state index is 13.7.